The Hall–Kier alpha value is -2.47. The molecule has 0 unspecified atom stereocenters. The van der Waals surface area contributed by atoms with E-state index in [9.17, 15) is 0 Å². The Morgan fingerprint density at radius 3 is 2.58 bits per heavy atom. The van der Waals surface area contributed by atoms with Gasteiger partial charge in [0, 0.05) is 27.6 Å². The standard InChI is InChI=1S/C20H20BrN5/c1-4-5-16-11-17(23-15-8-6-14(21)7-9-15)26-20(24-16)18-12(2)10-13(3)22-19(18)25-26/h6-11,23H,4-5H2,1-3H3. The number of aryl methyl sites for hydroxylation is 3. The molecule has 4 aromatic rings. The molecular formula is C20H20BrN5. The van der Waals surface area contributed by atoms with E-state index in [1.807, 2.05) is 35.7 Å². The molecule has 0 saturated heterocycles. The Kier molecular flexibility index (Phi) is 4.36. The SMILES string of the molecule is CCCc1cc(Nc2ccc(Br)cc2)n2nc3nc(C)cc(C)c3c2n1. The number of aromatic nitrogens is 4. The van der Waals surface area contributed by atoms with Gasteiger partial charge in [0.05, 0.1) is 5.39 Å². The van der Waals surface area contributed by atoms with Crippen molar-refractivity contribution in [1.29, 1.82) is 0 Å². The molecule has 0 aliphatic heterocycles. The van der Waals surface area contributed by atoms with E-state index in [-0.39, 0.29) is 0 Å². The van der Waals surface area contributed by atoms with E-state index in [0.29, 0.717) is 0 Å². The van der Waals surface area contributed by atoms with Crippen LogP contribution in [0.1, 0.15) is 30.3 Å². The second kappa shape index (κ2) is 6.68. The van der Waals surface area contributed by atoms with Crippen LogP contribution < -0.4 is 5.32 Å². The molecule has 6 heteroatoms. The van der Waals surface area contributed by atoms with Crippen LogP contribution in [0.2, 0.25) is 0 Å². The van der Waals surface area contributed by atoms with Gasteiger partial charge in [0.1, 0.15) is 5.82 Å². The molecule has 5 nitrogen and oxygen atoms in total. The maximum atomic E-state index is 4.87. The lowest BCUT2D eigenvalue weighted by molar-refractivity contribution is 0.864. The zero-order valence-corrected chi connectivity index (χ0v) is 16.6. The lowest BCUT2D eigenvalue weighted by atomic mass is 10.2. The number of nitrogens with one attached hydrogen (secondary N) is 1. The van der Waals surface area contributed by atoms with Crippen LogP contribution in [0.25, 0.3) is 16.7 Å². The van der Waals surface area contributed by atoms with Crippen molar-refractivity contribution in [3.63, 3.8) is 0 Å². The van der Waals surface area contributed by atoms with E-state index in [1.54, 1.807) is 0 Å². The number of rotatable bonds is 4. The van der Waals surface area contributed by atoms with Crippen molar-refractivity contribution in [2.75, 3.05) is 5.32 Å². The van der Waals surface area contributed by atoms with Crippen molar-refractivity contribution in [2.45, 2.75) is 33.6 Å². The minimum Gasteiger partial charge on any atom is -0.340 e. The normalized spacial score (nSPS) is 11.4. The van der Waals surface area contributed by atoms with Crippen molar-refractivity contribution < 1.29 is 0 Å². The van der Waals surface area contributed by atoms with E-state index < -0.39 is 0 Å². The van der Waals surface area contributed by atoms with Crippen LogP contribution in [-0.2, 0) is 6.42 Å². The van der Waals surface area contributed by atoms with Gasteiger partial charge >= 0.3 is 0 Å². The molecule has 0 aliphatic carbocycles. The lowest BCUT2D eigenvalue weighted by Crippen LogP contribution is -2.04. The van der Waals surface area contributed by atoms with Crippen molar-refractivity contribution >= 4 is 44.1 Å². The average Bonchev–Trinajstić information content (AvgIpc) is 2.96. The van der Waals surface area contributed by atoms with Gasteiger partial charge in [-0.25, -0.2) is 9.97 Å². The van der Waals surface area contributed by atoms with Gasteiger partial charge in [-0.3, -0.25) is 0 Å². The summed E-state index contributed by atoms with van der Waals surface area (Å²) in [5.41, 5.74) is 5.77. The van der Waals surface area contributed by atoms with Crippen molar-refractivity contribution in [3.05, 3.63) is 57.8 Å². The smallest absolute Gasteiger partial charge is 0.184 e. The summed E-state index contributed by atoms with van der Waals surface area (Å²) in [5, 5.41) is 9.22. The summed E-state index contributed by atoms with van der Waals surface area (Å²) in [7, 11) is 0. The Morgan fingerprint density at radius 1 is 1.08 bits per heavy atom. The Balaban J connectivity index is 1.94. The molecule has 1 N–H and O–H groups in total. The Morgan fingerprint density at radius 2 is 1.85 bits per heavy atom. The van der Waals surface area contributed by atoms with Gasteiger partial charge in [0.15, 0.2) is 11.3 Å². The highest BCUT2D eigenvalue weighted by Gasteiger charge is 2.15. The zero-order valence-electron chi connectivity index (χ0n) is 15.0. The van der Waals surface area contributed by atoms with Crippen LogP contribution in [-0.4, -0.2) is 19.6 Å². The number of nitrogens with zero attached hydrogens (tertiary/aromatic N) is 4. The fourth-order valence-corrected chi connectivity index (χ4v) is 3.49. The molecule has 0 bridgehead atoms. The monoisotopic (exact) mass is 409 g/mol. The molecule has 0 radical (unpaired) electrons. The van der Waals surface area contributed by atoms with E-state index in [2.05, 4.69) is 52.2 Å². The third kappa shape index (κ3) is 3.05. The summed E-state index contributed by atoms with van der Waals surface area (Å²) in [5.74, 6) is 0.899. The largest absolute Gasteiger partial charge is 0.340 e. The number of halogens is 1. The van der Waals surface area contributed by atoms with Crippen LogP contribution in [0.15, 0.2) is 40.9 Å². The van der Waals surface area contributed by atoms with Crippen LogP contribution in [0.4, 0.5) is 11.5 Å². The first-order valence-corrected chi connectivity index (χ1v) is 9.53. The molecule has 0 fully saturated rings. The van der Waals surface area contributed by atoms with E-state index in [4.69, 9.17) is 10.1 Å². The molecule has 0 saturated carbocycles. The van der Waals surface area contributed by atoms with Crippen LogP contribution in [0.3, 0.4) is 0 Å². The quantitative estimate of drug-likeness (QED) is 0.493. The molecule has 0 amide bonds. The third-order valence-electron chi connectivity index (χ3n) is 4.35. The number of hydrogen-bond acceptors (Lipinski definition) is 4. The predicted octanol–water partition coefficient (Wildman–Crippen LogP) is 5.35. The van der Waals surface area contributed by atoms with Crippen molar-refractivity contribution in [1.82, 2.24) is 19.6 Å². The molecule has 3 heterocycles. The maximum absolute atomic E-state index is 4.87. The Bertz CT molecular complexity index is 1100. The molecule has 1 aromatic carbocycles. The van der Waals surface area contributed by atoms with Crippen LogP contribution in [0, 0.1) is 13.8 Å². The summed E-state index contributed by atoms with van der Waals surface area (Å²) < 4.78 is 2.92. The second-order valence-electron chi connectivity index (χ2n) is 6.53. The number of pyridine rings is 1. The maximum Gasteiger partial charge on any atom is 0.184 e. The predicted molar refractivity (Wildman–Crippen MR) is 109 cm³/mol. The highest BCUT2D eigenvalue weighted by atomic mass is 79.9. The first kappa shape index (κ1) is 17.0. The molecule has 0 atom stereocenters. The van der Waals surface area contributed by atoms with Gasteiger partial charge in [-0.2, -0.15) is 4.52 Å². The molecule has 26 heavy (non-hydrogen) atoms. The van der Waals surface area contributed by atoms with E-state index in [1.165, 1.54) is 0 Å². The van der Waals surface area contributed by atoms with Crippen LogP contribution >= 0.6 is 15.9 Å². The highest BCUT2D eigenvalue weighted by Crippen LogP contribution is 2.27. The second-order valence-corrected chi connectivity index (χ2v) is 7.44. The number of anilines is 2. The van der Waals surface area contributed by atoms with Gasteiger partial charge in [0.25, 0.3) is 0 Å². The molecular weight excluding hydrogens is 390 g/mol. The molecule has 4 rings (SSSR count). The highest BCUT2D eigenvalue weighted by molar-refractivity contribution is 9.10. The van der Waals surface area contributed by atoms with E-state index in [0.717, 1.165) is 62.5 Å². The molecule has 0 aliphatic rings. The topological polar surface area (TPSA) is 55.1 Å². The molecule has 0 spiro atoms. The van der Waals surface area contributed by atoms with Crippen molar-refractivity contribution in [3.8, 4) is 0 Å². The summed E-state index contributed by atoms with van der Waals surface area (Å²) in [6.45, 7) is 6.25. The number of benzene rings is 1. The van der Waals surface area contributed by atoms with Gasteiger partial charge in [-0.05, 0) is 56.2 Å². The summed E-state index contributed by atoms with van der Waals surface area (Å²) in [4.78, 5) is 9.48. The average molecular weight is 410 g/mol. The first-order chi connectivity index (χ1) is 12.5. The third-order valence-corrected chi connectivity index (χ3v) is 4.88. The van der Waals surface area contributed by atoms with Crippen molar-refractivity contribution in [2.24, 2.45) is 0 Å². The Labute approximate surface area is 160 Å². The molecule has 132 valence electrons. The minimum absolute atomic E-state index is 0.738. The van der Waals surface area contributed by atoms with Gasteiger partial charge in [-0.15, -0.1) is 5.10 Å². The number of hydrogen-bond donors (Lipinski definition) is 1. The fraction of sp³-hybridized carbons (Fsp3) is 0.250. The van der Waals surface area contributed by atoms with E-state index >= 15 is 0 Å². The number of fused-ring (bicyclic) bond motifs is 3. The first-order valence-electron chi connectivity index (χ1n) is 8.74. The summed E-state index contributed by atoms with van der Waals surface area (Å²) >= 11 is 3.48. The minimum atomic E-state index is 0.738. The summed E-state index contributed by atoms with van der Waals surface area (Å²) in [6.07, 6.45) is 1.97. The van der Waals surface area contributed by atoms with Gasteiger partial charge in [0.2, 0.25) is 0 Å². The van der Waals surface area contributed by atoms with Crippen LogP contribution in [0.5, 0.6) is 0 Å². The summed E-state index contributed by atoms with van der Waals surface area (Å²) in [6, 6.07) is 12.3. The van der Waals surface area contributed by atoms with Gasteiger partial charge in [-0.1, -0.05) is 29.3 Å². The fourth-order valence-electron chi connectivity index (χ4n) is 3.23. The zero-order chi connectivity index (χ0) is 18.3. The molecule has 3 aromatic heterocycles. The van der Waals surface area contributed by atoms with Gasteiger partial charge < -0.3 is 5.32 Å². The lowest BCUT2D eigenvalue weighted by Gasteiger charge is -2.10.